The Morgan fingerprint density at radius 2 is 1.65 bits per heavy atom. The molecule has 0 radical (unpaired) electrons. The van der Waals surface area contributed by atoms with Crippen LogP contribution in [0.15, 0.2) is 0 Å². The summed E-state index contributed by atoms with van der Waals surface area (Å²) in [6.45, 7) is 10.6. The van der Waals surface area contributed by atoms with Crippen LogP contribution in [0.5, 0.6) is 0 Å². The van der Waals surface area contributed by atoms with Gasteiger partial charge in [0.05, 0.1) is 18.5 Å². The predicted octanol–water partition coefficient (Wildman–Crippen LogP) is 3.42. The molecule has 0 rings (SSSR count). The van der Waals surface area contributed by atoms with Gasteiger partial charge in [-0.1, -0.05) is 27.7 Å². The van der Waals surface area contributed by atoms with E-state index in [9.17, 15) is 8.42 Å². The van der Waals surface area contributed by atoms with Gasteiger partial charge in [0.2, 0.25) is 9.05 Å². The topological polar surface area (TPSA) is 43.4 Å². The first kappa shape index (κ1) is 17.2. The van der Waals surface area contributed by atoms with Crippen LogP contribution in [0.1, 0.15) is 47.5 Å². The fourth-order valence-electron chi connectivity index (χ4n) is 1.57. The minimum absolute atomic E-state index is 0.0145. The lowest BCUT2D eigenvalue weighted by atomic mass is 9.85. The van der Waals surface area contributed by atoms with E-state index in [1.54, 1.807) is 0 Å². The van der Waals surface area contributed by atoms with Crippen LogP contribution >= 0.6 is 10.7 Å². The van der Waals surface area contributed by atoms with E-state index in [4.69, 9.17) is 15.4 Å². The van der Waals surface area contributed by atoms with Gasteiger partial charge in [0.1, 0.15) is 0 Å². The fraction of sp³-hybridized carbons (Fsp3) is 1.00. The molecule has 0 bridgehead atoms. The van der Waals surface area contributed by atoms with Gasteiger partial charge in [0.25, 0.3) is 0 Å². The lowest BCUT2D eigenvalue weighted by molar-refractivity contribution is -0.0170. The van der Waals surface area contributed by atoms with Crippen molar-refractivity contribution in [3.05, 3.63) is 0 Å². The Labute approximate surface area is 110 Å². The zero-order valence-electron chi connectivity index (χ0n) is 11.5. The zero-order chi connectivity index (χ0) is 13.7. The van der Waals surface area contributed by atoms with Crippen LogP contribution in [0.4, 0.5) is 0 Å². The van der Waals surface area contributed by atoms with E-state index < -0.39 is 9.05 Å². The summed E-state index contributed by atoms with van der Waals surface area (Å²) in [6.07, 6.45) is 1.63. The molecule has 0 amide bonds. The highest BCUT2D eigenvalue weighted by Gasteiger charge is 2.32. The minimum atomic E-state index is -3.48. The number of hydrogen-bond acceptors (Lipinski definition) is 3. The molecule has 5 heteroatoms. The number of ether oxygens (including phenoxy) is 1. The Kier molecular flexibility index (Phi) is 7.04. The van der Waals surface area contributed by atoms with Gasteiger partial charge in [-0.3, -0.25) is 0 Å². The fourth-order valence-corrected chi connectivity index (χ4v) is 3.48. The van der Waals surface area contributed by atoms with E-state index in [1.807, 2.05) is 20.8 Å². The molecule has 0 aliphatic carbocycles. The minimum Gasteiger partial charge on any atom is -0.378 e. The van der Waals surface area contributed by atoms with Crippen molar-refractivity contribution in [2.75, 3.05) is 12.4 Å². The smallest absolute Gasteiger partial charge is 0.233 e. The number of hydrogen-bond donors (Lipinski definition) is 0. The summed E-state index contributed by atoms with van der Waals surface area (Å²) >= 11 is 0. The van der Waals surface area contributed by atoms with Crippen LogP contribution < -0.4 is 0 Å². The van der Waals surface area contributed by atoms with Crippen molar-refractivity contribution < 1.29 is 13.2 Å². The van der Waals surface area contributed by atoms with Gasteiger partial charge >= 0.3 is 0 Å². The van der Waals surface area contributed by atoms with E-state index in [0.29, 0.717) is 12.5 Å². The zero-order valence-corrected chi connectivity index (χ0v) is 13.1. The third kappa shape index (κ3) is 6.63. The maximum absolute atomic E-state index is 11.3. The van der Waals surface area contributed by atoms with E-state index in [1.165, 1.54) is 0 Å². The SMILES string of the molecule is CCC(CC)(COC(C)C(C)C)CS(=O)(=O)Cl. The number of halogens is 1. The molecule has 1 atom stereocenters. The van der Waals surface area contributed by atoms with Crippen LogP contribution in [0, 0.1) is 11.3 Å². The summed E-state index contributed by atoms with van der Waals surface area (Å²) in [7, 11) is 1.89. The molecule has 0 spiro atoms. The normalized spacial score (nSPS) is 15.2. The first-order chi connectivity index (χ1) is 7.66. The van der Waals surface area contributed by atoms with Gasteiger partial charge in [0.15, 0.2) is 0 Å². The van der Waals surface area contributed by atoms with E-state index >= 15 is 0 Å². The third-order valence-corrected chi connectivity index (χ3v) is 4.85. The highest BCUT2D eigenvalue weighted by atomic mass is 35.7. The number of rotatable bonds is 8. The van der Waals surface area contributed by atoms with Crippen LogP contribution in [0.25, 0.3) is 0 Å². The van der Waals surface area contributed by atoms with Crippen LogP contribution in [-0.2, 0) is 13.8 Å². The molecule has 0 saturated carbocycles. The van der Waals surface area contributed by atoms with E-state index in [2.05, 4.69) is 13.8 Å². The standard InChI is InChI=1S/C12H25ClO3S/c1-6-12(7-2,9-17(13,14)15)8-16-11(5)10(3)4/h10-11H,6-9H2,1-5H3. The Hall–Kier alpha value is 0.200. The monoisotopic (exact) mass is 284 g/mol. The van der Waals surface area contributed by atoms with Gasteiger partial charge in [0, 0.05) is 16.1 Å². The molecular formula is C12H25ClO3S. The molecule has 0 saturated heterocycles. The summed E-state index contributed by atoms with van der Waals surface area (Å²) in [6, 6.07) is 0. The quantitative estimate of drug-likeness (QED) is 0.642. The highest BCUT2D eigenvalue weighted by molar-refractivity contribution is 8.13. The molecule has 104 valence electrons. The second-order valence-corrected chi connectivity index (χ2v) is 7.93. The molecule has 0 heterocycles. The van der Waals surface area contributed by atoms with Crippen molar-refractivity contribution in [3.8, 4) is 0 Å². The summed E-state index contributed by atoms with van der Waals surface area (Å²) in [5, 5.41) is 0. The molecule has 0 N–H and O–H groups in total. The Balaban J connectivity index is 4.62. The molecular weight excluding hydrogens is 260 g/mol. The van der Waals surface area contributed by atoms with Crippen molar-refractivity contribution in [2.45, 2.75) is 53.6 Å². The van der Waals surface area contributed by atoms with Gasteiger partial charge in [-0.2, -0.15) is 0 Å². The van der Waals surface area contributed by atoms with Gasteiger partial charge in [-0.15, -0.1) is 0 Å². The van der Waals surface area contributed by atoms with Crippen LogP contribution in [0.3, 0.4) is 0 Å². The third-order valence-electron chi connectivity index (χ3n) is 3.57. The molecule has 0 aromatic heterocycles. The van der Waals surface area contributed by atoms with Gasteiger partial charge in [-0.05, 0) is 25.7 Å². The Morgan fingerprint density at radius 3 is 1.94 bits per heavy atom. The molecule has 17 heavy (non-hydrogen) atoms. The first-order valence-electron chi connectivity index (χ1n) is 6.19. The van der Waals surface area contributed by atoms with Crippen LogP contribution in [-0.4, -0.2) is 26.9 Å². The molecule has 3 nitrogen and oxygen atoms in total. The van der Waals surface area contributed by atoms with E-state index in [0.717, 1.165) is 12.8 Å². The summed E-state index contributed by atoms with van der Waals surface area (Å²) in [5.41, 5.74) is -0.357. The van der Waals surface area contributed by atoms with Crippen LogP contribution in [0.2, 0.25) is 0 Å². The molecule has 0 aliphatic heterocycles. The van der Waals surface area contributed by atoms with Gasteiger partial charge < -0.3 is 4.74 Å². The maximum atomic E-state index is 11.3. The second kappa shape index (κ2) is 6.95. The molecule has 0 aromatic rings. The lowest BCUT2D eigenvalue weighted by Gasteiger charge is -2.32. The summed E-state index contributed by atoms with van der Waals surface area (Å²) in [4.78, 5) is 0. The largest absolute Gasteiger partial charge is 0.378 e. The molecule has 1 unspecified atom stereocenters. The van der Waals surface area contributed by atoms with Crippen molar-refractivity contribution in [1.82, 2.24) is 0 Å². The average Bonchev–Trinajstić information content (AvgIpc) is 2.22. The highest BCUT2D eigenvalue weighted by Crippen LogP contribution is 2.30. The molecule has 0 aromatic carbocycles. The van der Waals surface area contributed by atoms with E-state index in [-0.39, 0.29) is 17.3 Å². The average molecular weight is 285 g/mol. The summed E-state index contributed by atoms with van der Waals surface area (Å²) < 4.78 is 28.3. The molecule has 0 fully saturated rings. The first-order valence-corrected chi connectivity index (χ1v) is 8.67. The van der Waals surface area contributed by atoms with Gasteiger partial charge in [-0.25, -0.2) is 8.42 Å². The maximum Gasteiger partial charge on any atom is 0.233 e. The molecule has 0 aliphatic rings. The Bertz CT molecular complexity index is 308. The lowest BCUT2D eigenvalue weighted by Crippen LogP contribution is -2.34. The van der Waals surface area contributed by atoms with Crippen molar-refractivity contribution in [1.29, 1.82) is 0 Å². The summed E-state index contributed by atoms with van der Waals surface area (Å²) in [5.74, 6) is 0.411. The van der Waals surface area contributed by atoms with Crippen molar-refractivity contribution in [2.24, 2.45) is 11.3 Å². The second-order valence-electron chi connectivity index (χ2n) is 5.15. The van der Waals surface area contributed by atoms with Crippen molar-refractivity contribution >= 4 is 19.7 Å². The predicted molar refractivity (Wildman–Crippen MR) is 72.9 cm³/mol. The van der Waals surface area contributed by atoms with Crippen molar-refractivity contribution in [3.63, 3.8) is 0 Å². The Morgan fingerprint density at radius 1 is 1.18 bits per heavy atom.